The molecule has 0 aliphatic rings. The van der Waals surface area contributed by atoms with Gasteiger partial charge in [-0.2, -0.15) is 0 Å². The third-order valence-corrected chi connectivity index (χ3v) is 2.54. The number of aliphatic hydroxyl groups excluding tert-OH is 1. The Hall–Kier alpha value is -1.96. The summed E-state index contributed by atoms with van der Waals surface area (Å²) in [6, 6.07) is -0.173. The van der Waals surface area contributed by atoms with Crippen molar-refractivity contribution >= 4 is 17.3 Å². The van der Waals surface area contributed by atoms with Crippen LogP contribution in [0.4, 0.5) is 17.3 Å². The van der Waals surface area contributed by atoms with E-state index < -0.39 is 4.92 Å². The molecule has 0 aromatic carbocycles. The molecule has 0 aliphatic carbocycles. The van der Waals surface area contributed by atoms with Gasteiger partial charge in [-0.3, -0.25) is 10.1 Å². The van der Waals surface area contributed by atoms with E-state index in [0.29, 0.717) is 0 Å². The zero-order valence-electron chi connectivity index (χ0n) is 9.62. The molecule has 2 unspecified atom stereocenters. The van der Waals surface area contributed by atoms with Gasteiger partial charge >= 0.3 is 5.69 Å². The molecule has 0 bridgehead atoms. The number of nitrogen functional groups attached to an aromatic ring is 1. The number of hydrogen-bond acceptors (Lipinski definition) is 7. The van der Waals surface area contributed by atoms with E-state index in [2.05, 4.69) is 15.3 Å². The quantitative estimate of drug-likeness (QED) is 0.502. The van der Waals surface area contributed by atoms with E-state index >= 15 is 0 Å². The molecule has 1 rings (SSSR count). The minimum absolute atomic E-state index is 0.0253. The van der Waals surface area contributed by atoms with Crippen molar-refractivity contribution < 1.29 is 10.0 Å². The molecule has 4 N–H and O–H groups in total. The predicted octanol–water partition coefficient (Wildman–Crippen LogP) is 0.396. The minimum Gasteiger partial charge on any atom is -0.396 e. The topological polar surface area (TPSA) is 127 Å². The third-order valence-electron chi connectivity index (χ3n) is 2.54. The molecule has 8 nitrogen and oxygen atoms in total. The zero-order valence-corrected chi connectivity index (χ0v) is 9.62. The number of nitrogens with zero attached hydrogens (tertiary/aromatic N) is 3. The average Bonchev–Trinajstić information content (AvgIpc) is 2.27. The van der Waals surface area contributed by atoms with Crippen molar-refractivity contribution in [1.29, 1.82) is 0 Å². The highest BCUT2D eigenvalue weighted by Crippen LogP contribution is 2.27. The molecule has 17 heavy (non-hydrogen) atoms. The molecule has 0 radical (unpaired) electrons. The lowest BCUT2D eigenvalue weighted by Gasteiger charge is -2.19. The minimum atomic E-state index is -0.631. The molecule has 1 heterocycles. The molecule has 2 atom stereocenters. The molecule has 0 amide bonds. The number of nitro groups is 1. The largest absolute Gasteiger partial charge is 0.396 e. The van der Waals surface area contributed by atoms with Crippen LogP contribution in [0.3, 0.4) is 0 Å². The van der Waals surface area contributed by atoms with Crippen molar-refractivity contribution in [2.24, 2.45) is 5.92 Å². The second-order valence-corrected chi connectivity index (χ2v) is 3.81. The molecule has 0 saturated carbocycles. The maximum atomic E-state index is 10.8. The van der Waals surface area contributed by atoms with Gasteiger partial charge in [0.15, 0.2) is 0 Å². The average molecular weight is 241 g/mol. The Kier molecular flexibility index (Phi) is 4.16. The maximum absolute atomic E-state index is 10.8. The summed E-state index contributed by atoms with van der Waals surface area (Å²) in [5.74, 6) is -0.183. The van der Waals surface area contributed by atoms with Crippen LogP contribution in [0.1, 0.15) is 13.8 Å². The van der Waals surface area contributed by atoms with Gasteiger partial charge in [0.2, 0.25) is 11.6 Å². The highest BCUT2D eigenvalue weighted by atomic mass is 16.6. The van der Waals surface area contributed by atoms with Crippen LogP contribution in [0.2, 0.25) is 0 Å². The van der Waals surface area contributed by atoms with E-state index in [9.17, 15) is 10.1 Å². The van der Waals surface area contributed by atoms with Gasteiger partial charge in [-0.15, -0.1) is 0 Å². The van der Waals surface area contributed by atoms with Gasteiger partial charge in [-0.1, -0.05) is 6.92 Å². The molecule has 0 fully saturated rings. The van der Waals surface area contributed by atoms with Crippen LogP contribution in [0.15, 0.2) is 6.33 Å². The van der Waals surface area contributed by atoms with Crippen LogP contribution in [0.25, 0.3) is 0 Å². The van der Waals surface area contributed by atoms with Crippen molar-refractivity contribution in [3.05, 3.63) is 16.4 Å². The van der Waals surface area contributed by atoms with E-state index in [0.717, 1.165) is 6.33 Å². The summed E-state index contributed by atoms with van der Waals surface area (Å²) in [5, 5.41) is 22.7. The van der Waals surface area contributed by atoms with Crippen LogP contribution in [0.5, 0.6) is 0 Å². The first-order valence-corrected chi connectivity index (χ1v) is 5.09. The number of nitrogens with two attached hydrogens (primary N) is 1. The smallest absolute Gasteiger partial charge is 0.352 e. The number of nitrogens with one attached hydrogen (secondary N) is 1. The second kappa shape index (κ2) is 5.39. The molecule has 94 valence electrons. The van der Waals surface area contributed by atoms with Crippen molar-refractivity contribution in [1.82, 2.24) is 9.97 Å². The molecule has 8 heteroatoms. The lowest BCUT2D eigenvalue weighted by Crippen LogP contribution is -2.27. The monoisotopic (exact) mass is 241 g/mol. The Balaban J connectivity index is 2.98. The summed E-state index contributed by atoms with van der Waals surface area (Å²) in [6.07, 6.45) is 1.15. The van der Waals surface area contributed by atoms with Gasteiger partial charge in [0.1, 0.15) is 6.33 Å². The molecule has 0 spiro atoms. The number of rotatable bonds is 5. The van der Waals surface area contributed by atoms with E-state index in [4.69, 9.17) is 10.8 Å². The first-order valence-electron chi connectivity index (χ1n) is 5.09. The highest BCUT2D eigenvalue weighted by molar-refractivity contribution is 5.67. The van der Waals surface area contributed by atoms with Crippen LogP contribution < -0.4 is 11.1 Å². The van der Waals surface area contributed by atoms with Crippen molar-refractivity contribution in [3.8, 4) is 0 Å². The van der Waals surface area contributed by atoms with Gasteiger partial charge in [0.25, 0.3) is 0 Å². The first kappa shape index (κ1) is 13.1. The van der Waals surface area contributed by atoms with Crippen LogP contribution in [-0.4, -0.2) is 32.6 Å². The Morgan fingerprint density at radius 2 is 2.24 bits per heavy atom. The molecule has 1 aromatic rings. The van der Waals surface area contributed by atoms with Crippen LogP contribution >= 0.6 is 0 Å². The van der Waals surface area contributed by atoms with E-state index in [1.54, 1.807) is 6.92 Å². The molecular weight excluding hydrogens is 226 g/mol. The van der Waals surface area contributed by atoms with Gasteiger partial charge in [0, 0.05) is 12.6 Å². The summed E-state index contributed by atoms with van der Waals surface area (Å²) >= 11 is 0. The summed E-state index contributed by atoms with van der Waals surface area (Å²) in [4.78, 5) is 17.5. The highest BCUT2D eigenvalue weighted by Gasteiger charge is 2.23. The van der Waals surface area contributed by atoms with Gasteiger partial charge in [-0.25, -0.2) is 9.97 Å². The molecule has 1 aromatic heterocycles. The fourth-order valence-corrected chi connectivity index (χ4v) is 1.19. The number of hydrogen-bond donors (Lipinski definition) is 3. The summed E-state index contributed by atoms with van der Waals surface area (Å²) in [6.45, 7) is 3.58. The fourth-order valence-electron chi connectivity index (χ4n) is 1.19. The lowest BCUT2D eigenvalue weighted by atomic mass is 10.1. The second-order valence-electron chi connectivity index (χ2n) is 3.81. The van der Waals surface area contributed by atoms with Crippen molar-refractivity contribution in [2.45, 2.75) is 19.9 Å². The van der Waals surface area contributed by atoms with E-state index in [1.807, 2.05) is 6.92 Å². The maximum Gasteiger partial charge on any atom is 0.352 e. The number of aliphatic hydroxyl groups is 1. The Morgan fingerprint density at radius 1 is 1.59 bits per heavy atom. The SMILES string of the molecule is CC(CO)C(C)Nc1ncnc(N)c1[N+](=O)[O-]. The Morgan fingerprint density at radius 3 is 2.76 bits per heavy atom. The Labute approximate surface area is 98.0 Å². The van der Waals surface area contributed by atoms with E-state index in [1.165, 1.54) is 0 Å². The molecular formula is C9H15N5O3. The first-order chi connectivity index (χ1) is 7.97. The zero-order chi connectivity index (χ0) is 13.0. The Bertz CT molecular complexity index is 412. The lowest BCUT2D eigenvalue weighted by molar-refractivity contribution is -0.383. The molecule has 0 saturated heterocycles. The standard InChI is InChI=1S/C9H15N5O3/c1-5(3-15)6(2)13-9-7(14(16)17)8(10)11-4-12-9/h4-6,15H,3H2,1-2H3,(H3,10,11,12,13). The van der Waals surface area contributed by atoms with Gasteiger partial charge < -0.3 is 16.2 Å². The van der Waals surface area contributed by atoms with Gasteiger partial charge in [-0.05, 0) is 12.8 Å². The van der Waals surface area contributed by atoms with Crippen molar-refractivity contribution in [2.75, 3.05) is 17.7 Å². The van der Waals surface area contributed by atoms with Crippen LogP contribution in [-0.2, 0) is 0 Å². The third kappa shape index (κ3) is 3.00. The van der Waals surface area contributed by atoms with Crippen molar-refractivity contribution in [3.63, 3.8) is 0 Å². The molecule has 0 aliphatic heterocycles. The summed E-state index contributed by atoms with van der Waals surface area (Å²) in [5.41, 5.74) is 5.08. The number of anilines is 2. The predicted molar refractivity (Wildman–Crippen MR) is 62.4 cm³/mol. The van der Waals surface area contributed by atoms with Crippen LogP contribution in [0, 0.1) is 16.0 Å². The summed E-state index contributed by atoms with van der Waals surface area (Å²) < 4.78 is 0. The fraction of sp³-hybridized carbons (Fsp3) is 0.556. The van der Waals surface area contributed by atoms with Gasteiger partial charge in [0.05, 0.1) is 4.92 Å². The van der Waals surface area contributed by atoms with E-state index in [-0.39, 0.29) is 35.9 Å². The normalized spacial score (nSPS) is 14.1. The number of aromatic nitrogens is 2. The summed E-state index contributed by atoms with van der Waals surface area (Å²) in [7, 11) is 0.